The maximum Gasteiger partial charge on any atom is 0.126 e. The van der Waals surface area contributed by atoms with Gasteiger partial charge in [-0.15, -0.1) is 0 Å². The lowest BCUT2D eigenvalue weighted by molar-refractivity contribution is 0.452. The summed E-state index contributed by atoms with van der Waals surface area (Å²) in [4.78, 5) is 9.31. The second-order valence-electron chi connectivity index (χ2n) is 5.56. The minimum Gasteiger partial charge on any atom is -0.317 e. The Balaban J connectivity index is 2.00. The Labute approximate surface area is 120 Å². The molecule has 3 nitrogen and oxygen atoms in total. The largest absolute Gasteiger partial charge is 0.317 e. The van der Waals surface area contributed by atoms with Gasteiger partial charge in [0.05, 0.1) is 5.69 Å². The SMILES string of the molecule is Cc1nc(-c2ccccc2C)cc(C2CCNCC2)n1. The first-order valence-corrected chi connectivity index (χ1v) is 7.36. The number of nitrogens with zero attached hydrogens (tertiary/aromatic N) is 2. The second kappa shape index (κ2) is 5.71. The molecule has 20 heavy (non-hydrogen) atoms. The van der Waals surface area contributed by atoms with E-state index in [2.05, 4.69) is 52.5 Å². The van der Waals surface area contributed by atoms with Crippen LogP contribution in [0.4, 0.5) is 0 Å². The molecule has 0 unspecified atom stereocenters. The molecule has 1 aromatic carbocycles. The van der Waals surface area contributed by atoms with Crippen LogP contribution in [0.25, 0.3) is 11.3 Å². The maximum absolute atomic E-state index is 4.67. The highest BCUT2D eigenvalue weighted by Crippen LogP contribution is 2.28. The van der Waals surface area contributed by atoms with E-state index in [1.807, 2.05) is 6.92 Å². The maximum atomic E-state index is 4.67. The van der Waals surface area contributed by atoms with Crippen molar-refractivity contribution >= 4 is 0 Å². The number of piperidine rings is 1. The van der Waals surface area contributed by atoms with E-state index >= 15 is 0 Å². The van der Waals surface area contributed by atoms with Gasteiger partial charge in [-0.05, 0) is 51.4 Å². The quantitative estimate of drug-likeness (QED) is 0.907. The minimum atomic E-state index is 0.570. The van der Waals surface area contributed by atoms with Crippen LogP contribution in [0.3, 0.4) is 0 Å². The summed E-state index contributed by atoms with van der Waals surface area (Å²) in [5, 5.41) is 3.41. The van der Waals surface area contributed by atoms with Crippen LogP contribution in [0.2, 0.25) is 0 Å². The molecule has 2 aromatic rings. The fraction of sp³-hybridized carbons (Fsp3) is 0.412. The zero-order valence-corrected chi connectivity index (χ0v) is 12.2. The average Bonchev–Trinajstić information content (AvgIpc) is 2.48. The standard InChI is InChI=1S/C17H21N3/c1-12-5-3-4-6-15(12)17-11-16(19-13(2)20-17)14-7-9-18-10-8-14/h3-6,11,14,18H,7-10H2,1-2H3. The summed E-state index contributed by atoms with van der Waals surface area (Å²) in [5.74, 6) is 1.44. The van der Waals surface area contributed by atoms with E-state index < -0.39 is 0 Å². The van der Waals surface area contributed by atoms with Crippen molar-refractivity contribution in [3.05, 3.63) is 47.4 Å². The van der Waals surface area contributed by atoms with Crippen molar-refractivity contribution in [2.75, 3.05) is 13.1 Å². The molecule has 1 N–H and O–H groups in total. The number of aromatic nitrogens is 2. The first-order chi connectivity index (χ1) is 9.74. The average molecular weight is 267 g/mol. The molecule has 1 fully saturated rings. The summed E-state index contributed by atoms with van der Waals surface area (Å²) in [6.45, 7) is 6.31. The van der Waals surface area contributed by atoms with Crippen molar-refractivity contribution in [1.82, 2.24) is 15.3 Å². The van der Waals surface area contributed by atoms with Gasteiger partial charge >= 0.3 is 0 Å². The van der Waals surface area contributed by atoms with Crippen LogP contribution in [0.15, 0.2) is 30.3 Å². The Hall–Kier alpha value is -1.74. The van der Waals surface area contributed by atoms with Gasteiger partial charge in [0.2, 0.25) is 0 Å². The molecule has 104 valence electrons. The monoisotopic (exact) mass is 267 g/mol. The van der Waals surface area contributed by atoms with E-state index in [0.717, 1.165) is 24.6 Å². The van der Waals surface area contributed by atoms with Crippen molar-refractivity contribution in [3.8, 4) is 11.3 Å². The molecular formula is C17H21N3. The van der Waals surface area contributed by atoms with Crippen LogP contribution < -0.4 is 5.32 Å². The van der Waals surface area contributed by atoms with Crippen molar-refractivity contribution in [2.45, 2.75) is 32.6 Å². The number of hydrogen-bond acceptors (Lipinski definition) is 3. The highest BCUT2D eigenvalue weighted by Gasteiger charge is 2.18. The Morgan fingerprint density at radius 3 is 2.55 bits per heavy atom. The normalized spacial score (nSPS) is 16.3. The van der Waals surface area contributed by atoms with Gasteiger partial charge in [0, 0.05) is 17.2 Å². The number of nitrogens with one attached hydrogen (secondary N) is 1. The van der Waals surface area contributed by atoms with E-state index in [9.17, 15) is 0 Å². The summed E-state index contributed by atoms with van der Waals surface area (Å²) in [6.07, 6.45) is 2.34. The Morgan fingerprint density at radius 1 is 1.05 bits per heavy atom. The topological polar surface area (TPSA) is 37.8 Å². The molecule has 0 amide bonds. The van der Waals surface area contributed by atoms with Crippen molar-refractivity contribution in [3.63, 3.8) is 0 Å². The highest BCUT2D eigenvalue weighted by atomic mass is 14.9. The Bertz CT molecular complexity index is 601. The summed E-state index contributed by atoms with van der Waals surface area (Å²) < 4.78 is 0. The number of aryl methyl sites for hydroxylation is 2. The highest BCUT2D eigenvalue weighted by molar-refractivity contribution is 5.63. The molecule has 0 spiro atoms. The van der Waals surface area contributed by atoms with Crippen LogP contribution in [-0.4, -0.2) is 23.1 Å². The molecule has 1 aliphatic heterocycles. The lowest BCUT2D eigenvalue weighted by Gasteiger charge is -2.22. The lowest BCUT2D eigenvalue weighted by Crippen LogP contribution is -2.27. The van der Waals surface area contributed by atoms with Gasteiger partial charge in [-0.25, -0.2) is 9.97 Å². The van der Waals surface area contributed by atoms with Gasteiger partial charge in [0.1, 0.15) is 5.82 Å². The summed E-state index contributed by atoms with van der Waals surface area (Å²) >= 11 is 0. The Kier molecular flexibility index (Phi) is 3.79. The first-order valence-electron chi connectivity index (χ1n) is 7.36. The molecule has 2 heterocycles. The Morgan fingerprint density at radius 2 is 1.80 bits per heavy atom. The smallest absolute Gasteiger partial charge is 0.126 e. The van der Waals surface area contributed by atoms with E-state index in [1.165, 1.54) is 29.7 Å². The molecule has 3 heteroatoms. The van der Waals surface area contributed by atoms with Gasteiger partial charge < -0.3 is 5.32 Å². The number of hydrogen-bond donors (Lipinski definition) is 1. The molecule has 1 aromatic heterocycles. The van der Waals surface area contributed by atoms with Gasteiger partial charge in [0.25, 0.3) is 0 Å². The van der Waals surface area contributed by atoms with E-state index in [4.69, 9.17) is 0 Å². The fourth-order valence-corrected chi connectivity index (χ4v) is 2.92. The second-order valence-corrected chi connectivity index (χ2v) is 5.56. The van der Waals surface area contributed by atoms with Crippen LogP contribution in [0.5, 0.6) is 0 Å². The van der Waals surface area contributed by atoms with Gasteiger partial charge in [0.15, 0.2) is 0 Å². The third kappa shape index (κ3) is 2.73. The zero-order valence-electron chi connectivity index (χ0n) is 12.2. The van der Waals surface area contributed by atoms with E-state index in [-0.39, 0.29) is 0 Å². The van der Waals surface area contributed by atoms with Crippen molar-refractivity contribution in [1.29, 1.82) is 0 Å². The van der Waals surface area contributed by atoms with Crippen LogP contribution in [-0.2, 0) is 0 Å². The molecule has 3 rings (SSSR count). The van der Waals surface area contributed by atoms with E-state index in [1.54, 1.807) is 0 Å². The minimum absolute atomic E-state index is 0.570. The molecule has 0 bridgehead atoms. The third-order valence-electron chi connectivity index (χ3n) is 4.04. The molecule has 0 aliphatic carbocycles. The molecule has 0 atom stereocenters. The predicted molar refractivity (Wildman–Crippen MR) is 81.8 cm³/mol. The fourth-order valence-electron chi connectivity index (χ4n) is 2.92. The van der Waals surface area contributed by atoms with Crippen LogP contribution >= 0.6 is 0 Å². The first kappa shape index (κ1) is 13.3. The van der Waals surface area contributed by atoms with Gasteiger partial charge in [-0.3, -0.25) is 0 Å². The summed E-state index contributed by atoms with van der Waals surface area (Å²) in [5.41, 5.74) is 4.75. The molecule has 1 aliphatic rings. The van der Waals surface area contributed by atoms with Crippen LogP contribution in [0, 0.1) is 13.8 Å². The lowest BCUT2D eigenvalue weighted by atomic mass is 9.93. The summed E-state index contributed by atoms with van der Waals surface area (Å²) in [7, 11) is 0. The zero-order chi connectivity index (χ0) is 13.9. The molecular weight excluding hydrogens is 246 g/mol. The van der Waals surface area contributed by atoms with E-state index in [0.29, 0.717) is 5.92 Å². The molecule has 1 saturated heterocycles. The predicted octanol–water partition coefficient (Wildman–Crippen LogP) is 3.23. The van der Waals surface area contributed by atoms with Gasteiger partial charge in [-0.2, -0.15) is 0 Å². The van der Waals surface area contributed by atoms with Gasteiger partial charge in [-0.1, -0.05) is 24.3 Å². The molecule has 0 radical (unpaired) electrons. The number of benzene rings is 1. The molecule has 0 saturated carbocycles. The summed E-state index contributed by atoms with van der Waals surface area (Å²) in [6, 6.07) is 10.6. The van der Waals surface area contributed by atoms with Crippen molar-refractivity contribution in [2.24, 2.45) is 0 Å². The third-order valence-corrected chi connectivity index (χ3v) is 4.04. The van der Waals surface area contributed by atoms with Crippen molar-refractivity contribution < 1.29 is 0 Å². The number of rotatable bonds is 2. The van der Waals surface area contributed by atoms with Crippen LogP contribution in [0.1, 0.15) is 35.8 Å².